The number of methoxy groups -OCH3 is 1. The number of pyridine rings is 1. The van der Waals surface area contributed by atoms with Crippen molar-refractivity contribution in [3.8, 4) is 17.4 Å². The zero-order valence-electron chi connectivity index (χ0n) is 21.1. The molecule has 36 heavy (non-hydrogen) atoms. The number of ether oxygens (including phenoxy) is 1. The molecule has 0 N–H and O–H groups in total. The van der Waals surface area contributed by atoms with Gasteiger partial charge in [-0.3, -0.25) is 4.79 Å². The number of amides is 1. The van der Waals surface area contributed by atoms with E-state index in [9.17, 15) is 4.79 Å². The Kier molecular flexibility index (Phi) is 5.08. The van der Waals surface area contributed by atoms with Crippen LogP contribution in [0.15, 0.2) is 36.4 Å². The van der Waals surface area contributed by atoms with Gasteiger partial charge in [-0.05, 0) is 73.8 Å². The fourth-order valence-corrected chi connectivity index (χ4v) is 6.51. The number of carbonyl (C=O) groups is 1. The summed E-state index contributed by atoms with van der Waals surface area (Å²) in [5.41, 5.74) is 4.64. The van der Waals surface area contributed by atoms with Gasteiger partial charge in [-0.2, -0.15) is 4.98 Å². The average Bonchev–Trinajstić information content (AvgIpc) is 3.34. The van der Waals surface area contributed by atoms with Crippen molar-refractivity contribution in [3.63, 3.8) is 0 Å². The third kappa shape index (κ3) is 3.59. The van der Waals surface area contributed by atoms with Crippen LogP contribution in [0.4, 0.5) is 0 Å². The van der Waals surface area contributed by atoms with Gasteiger partial charge in [0, 0.05) is 43.7 Å². The van der Waals surface area contributed by atoms with Gasteiger partial charge in [0.05, 0.1) is 23.8 Å². The zero-order valence-corrected chi connectivity index (χ0v) is 21.1. The van der Waals surface area contributed by atoms with Crippen molar-refractivity contribution in [1.82, 2.24) is 24.0 Å². The second kappa shape index (κ2) is 8.36. The Balaban J connectivity index is 1.26. The van der Waals surface area contributed by atoms with Gasteiger partial charge in [0.15, 0.2) is 5.82 Å². The smallest absolute Gasteiger partial charge is 0.253 e. The standard InChI is InChI=1S/C29H33N5O2/c1-32-24-10-8-21(29(35)33-13-12-19-4-3-5-22(19)17-33)14-23(24)30-28(32)25-15-20-9-11-26(36-2)31-27(20)34(25)16-18-6-7-18/h8-11,14-15,18-19,22H,3-7,12-13,16-17H2,1-2H3/t19-,22+/m0/s1. The van der Waals surface area contributed by atoms with Gasteiger partial charge in [-0.1, -0.05) is 12.8 Å². The lowest BCUT2D eigenvalue weighted by molar-refractivity contribution is 0.0627. The molecule has 1 amide bonds. The molecule has 1 aliphatic heterocycles. The van der Waals surface area contributed by atoms with E-state index in [2.05, 4.69) is 39.3 Å². The SMILES string of the molecule is COc1ccc2cc(-c3nc4cc(C(=O)N5CC[C@@H]6CCC[C@@H]6C5)ccc4n3C)n(CC3CC3)c2n1. The maximum absolute atomic E-state index is 13.4. The van der Waals surface area contributed by atoms with Crippen molar-refractivity contribution < 1.29 is 9.53 Å². The Morgan fingerprint density at radius 2 is 1.89 bits per heavy atom. The summed E-state index contributed by atoms with van der Waals surface area (Å²) in [7, 11) is 3.72. The molecule has 186 valence electrons. The molecule has 3 aromatic heterocycles. The molecule has 2 atom stereocenters. The highest BCUT2D eigenvalue weighted by Crippen LogP contribution is 2.39. The lowest BCUT2D eigenvalue weighted by Crippen LogP contribution is -2.42. The number of nitrogens with zero attached hydrogens (tertiary/aromatic N) is 5. The number of carbonyl (C=O) groups excluding carboxylic acids is 1. The minimum atomic E-state index is 0.147. The molecule has 0 bridgehead atoms. The molecular formula is C29H33N5O2. The first-order chi connectivity index (χ1) is 17.6. The highest BCUT2D eigenvalue weighted by molar-refractivity contribution is 5.98. The molecule has 4 aromatic rings. The number of likely N-dealkylation sites (tertiary alicyclic amines) is 1. The maximum atomic E-state index is 13.4. The summed E-state index contributed by atoms with van der Waals surface area (Å²) in [6.45, 7) is 2.72. The van der Waals surface area contributed by atoms with Crippen molar-refractivity contribution in [2.45, 2.75) is 45.1 Å². The number of hydrogen-bond donors (Lipinski definition) is 0. The van der Waals surface area contributed by atoms with E-state index < -0.39 is 0 Å². The number of aryl methyl sites for hydroxylation is 1. The van der Waals surface area contributed by atoms with Gasteiger partial charge in [-0.15, -0.1) is 0 Å². The Bertz CT molecular complexity index is 1480. The van der Waals surface area contributed by atoms with Crippen LogP contribution in [-0.4, -0.2) is 50.1 Å². The van der Waals surface area contributed by atoms with Crippen LogP contribution in [0, 0.1) is 17.8 Å². The van der Waals surface area contributed by atoms with Gasteiger partial charge >= 0.3 is 0 Å². The maximum Gasteiger partial charge on any atom is 0.253 e. The van der Waals surface area contributed by atoms with Crippen LogP contribution in [0.25, 0.3) is 33.6 Å². The minimum absolute atomic E-state index is 0.147. The molecule has 1 aromatic carbocycles. The summed E-state index contributed by atoms with van der Waals surface area (Å²) < 4.78 is 9.85. The minimum Gasteiger partial charge on any atom is -0.481 e. The highest BCUT2D eigenvalue weighted by Gasteiger charge is 2.35. The third-order valence-corrected chi connectivity index (χ3v) is 8.75. The van der Waals surface area contributed by atoms with E-state index in [1.807, 2.05) is 18.2 Å². The Hall–Kier alpha value is -3.35. The number of aromatic nitrogens is 4. The van der Waals surface area contributed by atoms with E-state index >= 15 is 0 Å². The topological polar surface area (TPSA) is 65.2 Å². The van der Waals surface area contributed by atoms with Gasteiger partial charge in [0.2, 0.25) is 5.88 Å². The fraction of sp³-hybridized carbons (Fsp3) is 0.483. The van der Waals surface area contributed by atoms with Crippen LogP contribution in [0.3, 0.4) is 0 Å². The van der Waals surface area contributed by atoms with E-state index in [0.717, 1.165) is 71.1 Å². The fourth-order valence-electron chi connectivity index (χ4n) is 6.51. The Labute approximate surface area is 211 Å². The number of rotatable bonds is 5. The van der Waals surface area contributed by atoms with Crippen LogP contribution >= 0.6 is 0 Å². The summed E-state index contributed by atoms with van der Waals surface area (Å²) >= 11 is 0. The van der Waals surface area contributed by atoms with Gasteiger partial charge < -0.3 is 18.8 Å². The van der Waals surface area contributed by atoms with Crippen molar-refractivity contribution in [2.24, 2.45) is 24.8 Å². The molecule has 2 aliphatic carbocycles. The zero-order chi connectivity index (χ0) is 24.4. The number of benzene rings is 1. The molecule has 7 rings (SSSR count). The van der Waals surface area contributed by atoms with Crippen LogP contribution in [0.2, 0.25) is 0 Å². The number of hydrogen-bond acceptors (Lipinski definition) is 4. The van der Waals surface area contributed by atoms with Crippen molar-refractivity contribution in [1.29, 1.82) is 0 Å². The molecule has 7 nitrogen and oxygen atoms in total. The molecule has 1 saturated heterocycles. The predicted octanol–water partition coefficient (Wildman–Crippen LogP) is 5.27. The van der Waals surface area contributed by atoms with Crippen LogP contribution in [0.5, 0.6) is 5.88 Å². The van der Waals surface area contributed by atoms with E-state index in [1.54, 1.807) is 7.11 Å². The first kappa shape index (κ1) is 21.9. The summed E-state index contributed by atoms with van der Waals surface area (Å²) in [5.74, 6) is 3.88. The second-order valence-corrected chi connectivity index (χ2v) is 11.0. The van der Waals surface area contributed by atoms with Crippen molar-refractivity contribution >= 4 is 28.0 Å². The first-order valence-corrected chi connectivity index (χ1v) is 13.4. The van der Waals surface area contributed by atoms with E-state index in [0.29, 0.717) is 17.7 Å². The molecule has 4 heterocycles. The summed E-state index contributed by atoms with van der Waals surface area (Å²) in [6.07, 6.45) is 7.60. The third-order valence-electron chi connectivity index (χ3n) is 8.75. The Morgan fingerprint density at radius 3 is 2.72 bits per heavy atom. The van der Waals surface area contributed by atoms with Crippen LogP contribution in [0.1, 0.15) is 48.9 Å². The molecule has 3 fully saturated rings. The predicted molar refractivity (Wildman–Crippen MR) is 140 cm³/mol. The Morgan fingerprint density at radius 1 is 1.03 bits per heavy atom. The largest absolute Gasteiger partial charge is 0.481 e. The summed E-state index contributed by atoms with van der Waals surface area (Å²) in [5, 5.41) is 1.09. The molecule has 0 unspecified atom stereocenters. The normalized spacial score (nSPS) is 21.9. The van der Waals surface area contributed by atoms with Crippen molar-refractivity contribution in [3.05, 3.63) is 42.0 Å². The summed E-state index contributed by atoms with van der Waals surface area (Å²) in [6, 6.07) is 12.2. The lowest BCUT2D eigenvalue weighted by atomic mass is 9.88. The molecule has 2 saturated carbocycles. The quantitative estimate of drug-likeness (QED) is 0.388. The highest BCUT2D eigenvalue weighted by atomic mass is 16.5. The van der Waals surface area contributed by atoms with Gasteiger partial charge in [0.25, 0.3) is 5.91 Å². The number of piperidine rings is 1. The van der Waals surface area contributed by atoms with Crippen LogP contribution < -0.4 is 4.74 Å². The van der Waals surface area contributed by atoms with E-state index in [-0.39, 0.29) is 5.91 Å². The van der Waals surface area contributed by atoms with E-state index in [1.165, 1.54) is 32.1 Å². The molecule has 0 spiro atoms. The summed E-state index contributed by atoms with van der Waals surface area (Å²) in [4.78, 5) is 25.3. The number of imidazole rings is 1. The van der Waals surface area contributed by atoms with Gasteiger partial charge in [-0.25, -0.2) is 4.98 Å². The molecule has 3 aliphatic rings. The van der Waals surface area contributed by atoms with E-state index in [4.69, 9.17) is 14.7 Å². The number of fused-ring (bicyclic) bond motifs is 3. The second-order valence-electron chi connectivity index (χ2n) is 11.0. The van der Waals surface area contributed by atoms with Gasteiger partial charge in [0.1, 0.15) is 5.65 Å². The molecule has 7 heteroatoms. The first-order valence-electron chi connectivity index (χ1n) is 13.4. The average molecular weight is 484 g/mol. The van der Waals surface area contributed by atoms with Crippen molar-refractivity contribution in [2.75, 3.05) is 20.2 Å². The molecule has 0 radical (unpaired) electrons. The molecular weight excluding hydrogens is 450 g/mol. The monoisotopic (exact) mass is 483 g/mol. The lowest BCUT2D eigenvalue weighted by Gasteiger charge is -2.35. The van der Waals surface area contributed by atoms with Crippen LogP contribution in [-0.2, 0) is 13.6 Å².